The van der Waals surface area contributed by atoms with Crippen LogP contribution >= 0.6 is 0 Å². The summed E-state index contributed by atoms with van der Waals surface area (Å²) in [6.45, 7) is 18.7. The van der Waals surface area contributed by atoms with E-state index in [-0.39, 0.29) is 5.41 Å². The zero-order valence-corrected chi connectivity index (χ0v) is 21.0. The largest absolute Gasteiger partial charge is 0.507 e. The van der Waals surface area contributed by atoms with E-state index in [1.165, 1.54) is 16.8 Å². The molecule has 172 valence electrons. The second-order valence-corrected chi connectivity index (χ2v) is 9.83. The van der Waals surface area contributed by atoms with Crippen LogP contribution in [0.5, 0.6) is 5.75 Å². The fourth-order valence-electron chi connectivity index (χ4n) is 4.15. The van der Waals surface area contributed by atoms with Gasteiger partial charge in [0.25, 0.3) is 0 Å². The van der Waals surface area contributed by atoms with Crippen LogP contribution in [-0.2, 0) is 18.5 Å². The average Bonchev–Trinajstić information content (AvgIpc) is 2.70. The van der Waals surface area contributed by atoms with Crippen molar-refractivity contribution in [3.8, 4) is 5.75 Å². The maximum Gasteiger partial charge on any atom is 0.123 e. The van der Waals surface area contributed by atoms with Crippen LogP contribution in [0.25, 0.3) is 0 Å². The number of rotatable bonds is 10. The zero-order valence-electron chi connectivity index (χ0n) is 21.0. The molecule has 0 bridgehead atoms. The van der Waals surface area contributed by atoms with Crippen molar-refractivity contribution < 1.29 is 5.11 Å². The molecule has 0 unspecified atom stereocenters. The normalized spacial score (nSPS) is 12.1. The van der Waals surface area contributed by atoms with Crippen molar-refractivity contribution >= 4 is 5.69 Å². The van der Waals surface area contributed by atoms with Gasteiger partial charge in [0.15, 0.2) is 0 Å². The predicted octanol–water partition coefficient (Wildman–Crippen LogP) is 5.41. The van der Waals surface area contributed by atoms with Gasteiger partial charge in [0, 0.05) is 51.5 Å². The number of hydrogen-bond acceptors (Lipinski definition) is 4. The molecule has 1 N–H and O–H groups in total. The van der Waals surface area contributed by atoms with Crippen molar-refractivity contribution in [2.75, 3.05) is 45.2 Å². The van der Waals surface area contributed by atoms with Gasteiger partial charge in [-0.3, -0.25) is 4.90 Å². The molecular weight excluding hydrogens is 382 g/mol. The van der Waals surface area contributed by atoms with Gasteiger partial charge < -0.3 is 14.9 Å². The van der Waals surface area contributed by atoms with E-state index in [1.54, 1.807) is 0 Å². The van der Waals surface area contributed by atoms with Crippen molar-refractivity contribution in [1.82, 2.24) is 9.80 Å². The average molecular weight is 426 g/mol. The summed E-state index contributed by atoms with van der Waals surface area (Å²) in [5, 5.41) is 11.1. The van der Waals surface area contributed by atoms with E-state index in [0.29, 0.717) is 5.75 Å². The SMILES string of the molecule is CCN(CC)CCN(Cc1ccccc1N(C)C)Cc1cc(C)cc(C(C)(C)C)c1O. The van der Waals surface area contributed by atoms with Gasteiger partial charge in [0.1, 0.15) is 5.75 Å². The lowest BCUT2D eigenvalue weighted by atomic mass is 9.84. The maximum absolute atomic E-state index is 11.1. The van der Waals surface area contributed by atoms with Crippen LogP contribution in [0.15, 0.2) is 36.4 Å². The highest BCUT2D eigenvalue weighted by Gasteiger charge is 2.22. The minimum Gasteiger partial charge on any atom is -0.507 e. The molecule has 0 radical (unpaired) electrons. The number of hydrogen-bond donors (Lipinski definition) is 1. The molecule has 0 atom stereocenters. The first-order valence-electron chi connectivity index (χ1n) is 11.6. The Morgan fingerprint density at radius 2 is 1.42 bits per heavy atom. The molecule has 31 heavy (non-hydrogen) atoms. The van der Waals surface area contributed by atoms with E-state index in [0.717, 1.165) is 50.4 Å². The quantitative estimate of drug-likeness (QED) is 0.551. The highest BCUT2D eigenvalue weighted by atomic mass is 16.3. The van der Waals surface area contributed by atoms with E-state index >= 15 is 0 Å². The lowest BCUT2D eigenvalue weighted by Gasteiger charge is -2.29. The van der Waals surface area contributed by atoms with Gasteiger partial charge in [-0.1, -0.05) is 70.5 Å². The molecule has 0 spiro atoms. The Kier molecular flexibility index (Phi) is 8.96. The van der Waals surface area contributed by atoms with Crippen LogP contribution in [0.4, 0.5) is 5.69 Å². The Labute approximate surface area is 190 Å². The first-order chi connectivity index (χ1) is 14.6. The van der Waals surface area contributed by atoms with Gasteiger partial charge in [0.05, 0.1) is 0 Å². The first kappa shape index (κ1) is 25.2. The van der Waals surface area contributed by atoms with Crippen LogP contribution < -0.4 is 4.90 Å². The van der Waals surface area contributed by atoms with Crippen LogP contribution in [0.3, 0.4) is 0 Å². The van der Waals surface area contributed by atoms with E-state index in [2.05, 4.69) is 107 Å². The van der Waals surface area contributed by atoms with E-state index < -0.39 is 0 Å². The molecule has 4 heteroatoms. The molecule has 0 aliphatic rings. The summed E-state index contributed by atoms with van der Waals surface area (Å²) in [5.74, 6) is 0.451. The van der Waals surface area contributed by atoms with Gasteiger partial charge in [-0.2, -0.15) is 0 Å². The Balaban J connectivity index is 2.37. The molecule has 2 rings (SSSR count). The molecule has 0 saturated heterocycles. The van der Waals surface area contributed by atoms with Crippen molar-refractivity contribution in [3.63, 3.8) is 0 Å². The molecule has 0 aliphatic heterocycles. The van der Waals surface area contributed by atoms with Gasteiger partial charge in [-0.05, 0) is 42.6 Å². The number of nitrogens with zero attached hydrogens (tertiary/aromatic N) is 3. The molecule has 2 aromatic carbocycles. The lowest BCUT2D eigenvalue weighted by molar-refractivity contribution is 0.200. The molecule has 0 fully saturated rings. The number of phenols is 1. The first-order valence-corrected chi connectivity index (χ1v) is 11.6. The van der Waals surface area contributed by atoms with Crippen LogP contribution in [0.2, 0.25) is 0 Å². The maximum atomic E-state index is 11.1. The third-order valence-electron chi connectivity index (χ3n) is 6.03. The Bertz CT molecular complexity index is 835. The summed E-state index contributed by atoms with van der Waals surface area (Å²) >= 11 is 0. The highest BCUT2D eigenvalue weighted by molar-refractivity contribution is 5.52. The predicted molar refractivity (Wildman–Crippen MR) is 134 cm³/mol. The number of likely N-dealkylation sites (N-methyl/N-ethyl adjacent to an activating group) is 1. The standard InChI is InChI=1S/C27H43N3O/c1-9-29(10-2)15-16-30(19-22-13-11-12-14-25(22)28(7)8)20-23-17-21(3)18-24(26(23)31)27(4,5)6/h11-14,17-18,31H,9-10,15-16,19-20H2,1-8H3. The molecule has 0 aromatic heterocycles. The third kappa shape index (κ3) is 6.98. The summed E-state index contributed by atoms with van der Waals surface area (Å²) in [4.78, 5) is 7.11. The second kappa shape index (κ2) is 11.0. The topological polar surface area (TPSA) is 30.0 Å². The summed E-state index contributed by atoms with van der Waals surface area (Å²) in [6.07, 6.45) is 0. The Hall–Kier alpha value is -2.04. The van der Waals surface area contributed by atoms with Crippen molar-refractivity contribution in [2.24, 2.45) is 0 Å². The molecule has 0 saturated carbocycles. The smallest absolute Gasteiger partial charge is 0.123 e. The van der Waals surface area contributed by atoms with Crippen molar-refractivity contribution in [3.05, 3.63) is 58.7 Å². The number of anilines is 1. The van der Waals surface area contributed by atoms with Gasteiger partial charge in [-0.15, -0.1) is 0 Å². The molecule has 0 aliphatic carbocycles. The van der Waals surface area contributed by atoms with Gasteiger partial charge in [0.2, 0.25) is 0 Å². The van der Waals surface area contributed by atoms with Crippen LogP contribution in [-0.4, -0.2) is 55.2 Å². The highest BCUT2D eigenvalue weighted by Crippen LogP contribution is 2.35. The summed E-state index contributed by atoms with van der Waals surface area (Å²) in [7, 11) is 4.20. The van der Waals surface area contributed by atoms with E-state index in [9.17, 15) is 5.11 Å². The number of benzene rings is 2. The fraction of sp³-hybridized carbons (Fsp3) is 0.556. The number of phenolic OH excluding ortho intramolecular Hbond substituents is 1. The van der Waals surface area contributed by atoms with Gasteiger partial charge in [-0.25, -0.2) is 0 Å². The molecule has 0 amide bonds. The number of aromatic hydroxyl groups is 1. The monoisotopic (exact) mass is 425 g/mol. The fourth-order valence-corrected chi connectivity index (χ4v) is 4.15. The molecule has 4 nitrogen and oxygen atoms in total. The second-order valence-electron chi connectivity index (χ2n) is 9.83. The summed E-state index contributed by atoms with van der Waals surface area (Å²) in [5.41, 5.74) is 5.73. The summed E-state index contributed by atoms with van der Waals surface area (Å²) in [6, 6.07) is 12.9. The van der Waals surface area contributed by atoms with Crippen LogP contribution in [0, 0.1) is 6.92 Å². The molecule has 0 heterocycles. The Morgan fingerprint density at radius 3 is 2.00 bits per heavy atom. The number of para-hydroxylation sites is 1. The van der Waals surface area contributed by atoms with Crippen molar-refractivity contribution in [1.29, 1.82) is 0 Å². The minimum absolute atomic E-state index is 0.0889. The van der Waals surface area contributed by atoms with E-state index in [1.807, 2.05) is 0 Å². The van der Waals surface area contributed by atoms with Gasteiger partial charge >= 0.3 is 0 Å². The number of aryl methyl sites for hydroxylation is 1. The molecule has 2 aromatic rings. The summed E-state index contributed by atoms with van der Waals surface area (Å²) < 4.78 is 0. The minimum atomic E-state index is -0.0889. The van der Waals surface area contributed by atoms with Crippen LogP contribution in [0.1, 0.15) is 56.9 Å². The van der Waals surface area contributed by atoms with Crippen molar-refractivity contribution in [2.45, 2.75) is 60.0 Å². The van der Waals surface area contributed by atoms with E-state index in [4.69, 9.17) is 0 Å². The third-order valence-corrected chi connectivity index (χ3v) is 6.03. The lowest BCUT2D eigenvalue weighted by Crippen LogP contribution is -2.35. The zero-order chi connectivity index (χ0) is 23.2. The Morgan fingerprint density at radius 1 is 0.839 bits per heavy atom. The molecular formula is C27H43N3O.